The molecule has 0 amide bonds. The number of aliphatic hydroxyl groups excluding tert-OH is 1. The molecule has 0 saturated carbocycles. The van der Waals surface area contributed by atoms with E-state index in [9.17, 15) is 92.2 Å². The molecule has 0 aliphatic carbocycles. The van der Waals surface area contributed by atoms with Gasteiger partial charge >= 0.3 is 59.5 Å². The van der Waals surface area contributed by atoms with Crippen LogP contribution in [0.2, 0.25) is 0 Å². The Bertz CT molecular complexity index is 1040. The Balaban J connectivity index is 5.13. The Hall–Kier alpha value is -1.75. The number of aliphatic hydroxyl groups is 1. The average Bonchev–Trinajstić information content (AvgIpc) is 3.00. The van der Waals surface area contributed by atoms with E-state index in [0.717, 1.165) is 0 Å². The third-order valence-corrected chi connectivity index (χ3v) is 6.23. The summed E-state index contributed by atoms with van der Waals surface area (Å²) in [4.78, 5) is 0. The molecule has 0 aromatic carbocycles. The van der Waals surface area contributed by atoms with Crippen molar-refractivity contribution in [1.29, 1.82) is 0 Å². The summed E-state index contributed by atoms with van der Waals surface area (Å²) in [5.74, 6) is -77.2. The minimum atomic E-state index is -9.20. The molecule has 1 N–H and O–H groups in total. The van der Waals surface area contributed by atoms with E-state index in [0.29, 0.717) is 0 Å². The predicted octanol–water partition coefficient (Wildman–Crippen LogP) is 6.75. The van der Waals surface area contributed by atoms with Crippen LogP contribution in [0.25, 0.3) is 0 Å². The molecule has 0 rings (SSSR count). The molecule has 52 heavy (non-hydrogen) atoms. The van der Waals surface area contributed by atoms with E-state index in [1.807, 2.05) is 0 Å². The van der Waals surface area contributed by atoms with Crippen molar-refractivity contribution in [1.82, 2.24) is 0 Å². The number of ether oxygens (including phenoxy) is 6. The Morgan fingerprint density at radius 3 is 0.731 bits per heavy atom. The summed E-state index contributed by atoms with van der Waals surface area (Å²) in [6, 6.07) is 0. The molecule has 0 aliphatic heterocycles. The van der Waals surface area contributed by atoms with E-state index in [-0.39, 0.29) is 66.1 Å². The van der Waals surface area contributed by atoms with Crippen LogP contribution in [0.3, 0.4) is 0 Å². The standard InChI is InChI=1S/C24H29F21O7/c25-15(26,1-3-47-5-7-49-9-11-51-13-14-52-12-10-50-8-6-48-4-2-46)16(27,28)17(29,30)18(31,32)19(33,34)20(35,36)21(37,38)22(39,40)23(41,42)24(43,44)45/h46H,1-14H2. The smallest absolute Gasteiger partial charge is 0.394 e. The van der Waals surface area contributed by atoms with E-state index in [4.69, 9.17) is 28.8 Å². The van der Waals surface area contributed by atoms with Gasteiger partial charge < -0.3 is 33.5 Å². The van der Waals surface area contributed by atoms with Crippen LogP contribution in [0.15, 0.2) is 0 Å². The minimum Gasteiger partial charge on any atom is -0.394 e. The van der Waals surface area contributed by atoms with Crippen LogP contribution >= 0.6 is 0 Å². The molecule has 0 aromatic rings. The maximum Gasteiger partial charge on any atom is 0.460 e. The summed E-state index contributed by atoms with van der Waals surface area (Å²) in [5.41, 5.74) is 0. The van der Waals surface area contributed by atoms with Gasteiger partial charge in [-0.25, -0.2) is 0 Å². The molecule has 0 aliphatic rings. The Morgan fingerprint density at radius 1 is 0.269 bits per heavy atom. The molecule has 0 radical (unpaired) electrons. The molecule has 0 spiro atoms. The molecule has 0 fully saturated rings. The zero-order valence-corrected chi connectivity index (χ0v) is 25.7. The highest BCUT2D eigenvalue weighted by molar-refractivity contribution is 5.17. The van der Waals surface area contributed by atoms with Gasteiger partial charge in [0.2, 0.25) is 0 Å². The number of halogens is 21. The largest absolute Gasteiger partial charge is 0.460 e. The van der Waals surface area contributed by atoms with E-state index in [1.165, 1.54) is 0 Å². The van der Waals surface area contributed by atoms with Crippen LogP contribution < -0.4 is 0 Å². The third-order valence-electron chi connectivity index (χ3n) is 6.23. The van der Waals surface area contributed by atoms with Crippen LogP contribution in [0.1, 0.15) is 6.42 Å². The van der Waals surface area contributed by atoms with Crippen molar-refractivity contribution < 1.29 is 126 Å². The first-order valence-electron chi connectivity index (χ1n) is 13.9. The molecular formula is C24H29F21O7. The van der Waals surface area contributed by atoms with E-state index >= 15 is 0 Å². The lowest BCUT2D eigenvalue weighted by Gasteiger charge is -2.44. The third kappa shape index (κ3) is 10.5. The number of rotatable bonds is 28. The van der Waals surface area contributed by atoms with Gasteiger partial charge in [0.25, 0.3) is 0 Å². The van der Waals surface area contributed by atoms with Gasteiger partial charge in [-0.15, -0.1) is 0 Å². The Kier molecular flexibility index (Phi) is 18.1. The van der Waals surface area contributed by atoms with Gasteiger partial charge in [-0.2, -0.15) is 92.2 Å². The summed E-state index contributed by atoms with van der Waals surface area (Å²) in [6.07, 6.45) is -10.9. The van der Waals surface area contributed by atoms with Crippen molar-refractivity contribution in [3.05, 3.63) is 0 Å². The van der Waals surface area contributed by atoms with Crippen LogP contribution in [-0.4, -0.2) is 150 Å². The summed E-state index contributed by atoms with van der Waals surface area (Å²) >= 11 is 0. The lowest BCUT2D eigenvalue weighted by atomic mass is 9.86. The second-order valence-corrected chi connectivity index (χ2v) is 9.95. The van der Waals surface area contributed by atoms with Crippen molar-refractivity contribution in [2.24, 2.45) is 0 Å². The first kappa shape index (κ1) is 50.2. The lowest BCUT2D eigenvalue weighted by Crippen LogP contribution is -2.76. The first-order valence-corrected chi connectivity index (χ1v) is 13.9. The summed E-state index contributed by atoms with van der Waals surface area (Å²) < 4.78 is 311. The van der Waals surface area contributed by atoms with Crippen LogP contribution in [0.4, 0.5) is 92.2 Å². The van der Waals surface area contributed by atoms with Crippen molar-refractivity contribution in [2.45, 2.75) is 65.9 Å². The maximum atomic E-state index is 13.9. The van der Waals surface area contributed by atoms with Crippen molar-refractivity contribution in [3.8, 4) is 0 Å². The van der Waals surface area contributed by atoms with Gasteiger partial charge in [0.05, 0.1) is 85.9 Å². The van der Waals surface area contributed by atoms with Crippen molar-refractivity contribution in [2.75, 3.05) is 85.9 Å². The summed E-state index contributed by atoms with van der Waals surface area (Å²) in [6.45, 7) is -2.68. The highest BCUT2D eigenvalue weighted by atomic mass is 19.4. The number of alkyl halides is 21. The monoisotopic (exact) mass is 828 g/mol. The van der Waals surface area contributed by atoms with Crippen LogP contribution in [-0.2, 0) is 28.4 Å². The predicted molar refractivity (Wildman–Crippen MR) is 127 cm³/mol. The summed E-state index contributed by atoms with van der Waals surface area (Å²) in [7, 11) is 0. The van der Waals surface area contributed by atoms with Gasteiger partial charge in [-0.1, -0.05) is 0 Å². The number of hydrogen-bond donors (Lipinski definition) is 1. The molecule has 0 heterocycles. The molecule has 314 valence electrons. The number of hydrogen-bond acceptors (Lipinski definition) is 7. The van der Waals surface area contributed by atoms with E-state index in [1.54, 1.807) is 0 Å². The molecule has 0 unspecified atom stereocenters. The quantitative estimate of drug-likeness (QED) is 0.0692. The summed E-state index contributed by atoms with van der Waals surface area (Å²) in [5, 5.41) is 8.50. The zero-order chi connectivity index (χ0) is 41.1. The molecule has 0 atom stereocenters. The van der Waals surface area contributed by atoms with Gasteiger partial charge in [-0.05, 0) is 0 Å². The van der Waals surface area contributed by atoms with Crippen molar-refractivity contribution in [3.63, 3.8) is 0 Å². The van der Waals surface area contributed by atoms with E-state index < -0.39 is 85.7 Å². The molecule has 0 bridgehead atoms. The average molecular weight is 828 g/mol. The molecule has 0 saturated heterocycles. The molecule has 28 heteroatoms. The lowest BCUT2D eigenvalue weighted by molar-refractivity contribution is -0.474. The normalized spacial score (nSPS) is 15.1. The maximum absolute atomic E-state index is 13.9. The highest BCUT2D eigenvalue weighted by Crippen LogP contribution is 2.66. The Morgan fingerprint density at radius 2 is 0.481 bits per heavy atom. The fourth-order valence-corrected chi connectivity index (χ4v) is 3.21. The topological polar surface area (TPSA) is 75.6 Å². The first-order chi connectivity index (χ1) is 23.3. The molecule has 0 aromatic heterocycles. The second kappa shape index (κ2) is 18.7. The highest BCUT2D eigenvalue weighted by Gasteiger charge is 2.97. The minimum absolute atomic E-state index is 0.0267. The van der Waals surface area contributed by atoms with Gasteiger partial charge in [-0.3, -0.25) is 0 Å². The van der Waals surface area contributed by atoms with Gasteiger partial charge in [0.1, 0.15) is 0 Å². The van der Waals surface area contributed by atoms with Crippen molar-refractivity contribution >= 4 is 0 Å². The fraction of sp³-hybridized carbons (Fsp3) is 1.00. The van der Waals surface area contributed by atoms with E-state index in [2.05, 4.69) is 4.74 Å². The van der Waals surface area contributed by atoms with Gasteiger partial charge in [0.15, 0.2) is 0 Å². The zero-order valence-electron chi connectivity index (χ0n) is 25.7. The molecule has 7 nitrogen and oxygen atoms in total. The van der Waals surface area contributed by atoms with Gasteiger partial charge in [0, 0.05) is 6.42 Å². The Labute approximate surface area is 278 Å². The second-order valence-electron chi connectivity index (χ2n) is 9.95. The van der Waals surface area contributed by atoms with Crippen LogP contribution in [0, 0.1) is 0 Å². The van der Waals surface area contributed by atoms with Crippen LogP contribution in [0.5, 0.6) is 0 Å². The SMILES string of the molecule is OCCOCCOCCOCCOCCOCCOCCC(F)(F)C(F)(F)C(F)(F)C(F)(F)C(F)(F)C(F)(F)C(F)(F)C(F)(F)C(F)(F)C(F)(F)F. The molecular weight excluding hydrogens is 799 g/mol. The fourth-order valence-electron chi connectivity index (χ4n) is 3.21.